The number of carbonyl (C=O) groups is 1. The smallest absolute Gasteiger partial charge is 0.272 e. The quantitative estimate of drug-likeness (QED) is 0.837. The van der Waals surface area contributed by atoms with Gasteiger partial charge in [-0.2, -0.15) is 0 Å². The highest BCUT2D eigenvalue weighted by Gasteiger charge is 2.50. The second kappa shape index (κ2) is 6.88. The second-order valence-electron chi connectivity index (χ2n) is 7.09. The minimum atomic E-state index is 0.00318. The van der Waals surface area contributed by atoms with E-state index < -0.39 is 0 Å². The predicted molar refractivity (Wildman–Crippen MR) is 91.6 cm³/mol. The van der Waals surface area contributed by atoms with Crippen molar-refractivity contribution in [1.82, 2.24) is 19.9 Å². The maximum Gasteiger partial charge on any atom is 0.272 e. The Balaban J connectivity index is 1.41. The fourth-order valence-electron chi connectivity index (χ4n) is 4.24. The van der Waals surface area contributed by atoms with E-state index in [1.165, 1.54) is 19.2 Å². The summed E-state index contributed by atoms with van der Waals surface area (Å²) in [5.41, 5.74) is 1.65. The number of fused-ring (bicyclic) bond motifs is 1. The van der Waals surface area contributed by atoms with Crippen molar-refractivity contribution in [3.05, 3.63) is 54.4 Å². The summed E-state index contributed by atoms with van der Waals surface area (Å²) in [5, 5.41) is 0. The summed E-state index contributed by atoms with van der Waals surface area (Å²) in [6, 6.07) is 5.63. The molecule has 0 bridgehead atoms. The van der Waals surface area contributed by atoms with Gasteiger partial charge in [0.2, 0.25) is 0 Å². The zero-order chi connectivity index (χ0) is 17.1. The number of hydrogen-bond donors (Lipinski definition) is 0. The lowest BCUT2D eigenvalue weighted by Crippen LogP contribution is -2.35. The Morgan fingerprint density at radius 1 is 1.32 bits per heavy atom. The molecule has 4 rings (SSSR count). The molecule has 1 aliphatic carbocycles. The van der Waals surface area contributed by atoms with Crippen LogP contribution in [-0.4, -0.2) is 45.5 Å². The highest BCUT2D eigenvalue weighted by molar-refractivity contribution is 5.92. The fraction of sp³-hybridized carbons (Fsp3) is 0.474. The van der Waals surface area contributed by atoms with Crippen LogP contribution in [-0.2, 0) is 11.3 Å². The van der Waals surface area contributed by atoms with Crippen LogP contribution < -0.4 is 0 Å². The maximum atomic E-state index is 12.7. The molecule has 2 aromatic rings. The Kier molecular flexibility index (Phi) is 4.44. The van der Waals surface area contributed by atoms with E-state index in [9.17, 15) is 4.79 Å². The minimum absolute atomic E-state index is 0.00318. The molecule has 2 fully saturated rings. The Morgan fingerprint density at radius 3 is 3.08 bits per heavy atom. The first kappa shape index (κ1) is 16.1. The van der Waals surface area contributed by atoms with Crippen LogP contribution in [0.5, 0.6) is 0 Å². The molecular formula is C19H22N4O2. The first-order valence-electron chi connectivity index (χ1n) is 8.79. The van der Waals surface area contributed by atoms with Crippen LogP contribution in [0, 0.1) is 11.3 Å². The number of ether oxygens (including phenoxy) is 1. The Morgan fingerprint density at radius 2 is 2.28 bits per heavy atom. The van der Waals surface area contributed by atoms with E-state index in [0.717, 1.165) is 25.1 Å². The van der Waals surface area contributed by atoms with Gasteiger partial charge in [-0.25, -0.2) is 9.97 Å². The molecule has 3 heterocycles. The van der Waals surface area contributed by atoms with Gasteiger partial charge in [0, 0.05) is 37.1 Å². The molecule has 1 saturated heterocycles. The first-order chi connectivity index (χ1) is 12.3. The summed E-state index contributed by atoms with van der Waals surface area (Å²) in [5.74, 6) is 0.524. The zero-order valence-corrected chi connectivity index (χ0v) is 14.2. The number of aromatic nitrogens is 3. The Hall–Kier alpha value is -2.34. The molecule has 2 atom stereocenters. The van der Waals surface area contributed by atoms with Crippen LogP contribution >= 0.6 is 0 Å². The van der Waals surface area contributed by atoms with E-state index in [0.29, 0.717) is 24.8 Å². The summed E-state index contributed by atoms with van der Waals surface area (Å²) in [6.45, 7) is 2.83. The number of likely N-dealkylation sites (tertiary alicyclic amines) is 1. The summed E-state index contributed by atoms with van der Waals surface area (Å²) < 4.78 is 6.04. The topological polar surface area (TPSA) is 68.2 Å². The van der Waals surface area contributed by atoms with Gasteiger partial charge in [-0.05, 0) is 36.5 Å². The lowest BCUT2D eigenvalue weighted by atomic mass is 9.81. The molecular weight excluding hydrogens is 316 g/mol. The van der Waals surface area contributed by atoms with Crippen molar-refractivity contribution in [2.24, 2.45) is 11.3 Å². The third kappa shape index (κ3) is 3.26. The fourth-order valence-corrected chi connectivity index (χ4v) is 4.24. The van der Waals surface area contributed by atoms with Crippen LogP contribution in [0.3, 0.4) is 0 Å². The number of pyridine rings is 1. The molecule has 25 heavy (non-hydrogen) atoms. The average Bonchev–Trinajstić information content (AvgIpc) is 3.20. The SMILES string of the molecule is O=C(c1ccncn1)N1C[C@@H]2CCC[C@]2(COCc2cccnc2)C1. The molecule has 1 aliphatic heterocycles. The lowest BCUT2D eigenvalue weighted by Gasteiger charge is -2.28. The molecule has 0 aromatic carbocycles. The van der Waals surface area contributed by atoms with Gasteiger partial charge in [0.25, 0.3) is 5.91 Å². The van der Waals surface area contributed by atoms with Crippen molar-refractivity contribution in [2.75, 3.05) is 19.7 Å². The third-order valence-corrected chi connectivity index (χ3v) is 5.51. The number of carbonyl (C=O) groups excluding carboxylic acids is 1. The van der Waals surface area contributed by atoms with Crippen molar-refractivity contribution in [3.63, 3.8) is 0 Å². The van der Waals surface area contributed by atoms with Crippen LogP contribution in [0.4, 0.5) is 0 Å². The molecule has 6 heteroatoms. The predicted octanol–water partition coefficient (Wildman–Crippen LogP) is 2.33. The van der Waals surface area contributed by atoms with Crippen molar-refractivity contribution in [3.8, 4) is 0 Å². The average molecular weight is 338 g/mol. The number of nitrogens with zero attached hydrogens (tertiary/aromatic N) is 4. The van der Waals surface area contributed by atoms with Crippen molar-refractivity contribution in [2.45, 2.75) is 25.9 Å². The minimum Gasteiger partial charge on any atom is -0.376 e. The van der Waals surface area contributed by atoms with E-state index in [-0.39, 0.29) is 11.3 Å². The number of amides is 1. The van der Waals surface area contributed by atoms with E-state index in [1.54, 1.807) is 18.5 Å². The van der Waals surface area contributed by atoms with Gasteiger partial charge in [0.05, 0.1) is 13.2 Å². The van der Waals surface area contributed by atoms with Crippen molar-refractivity contribution >= 4 is 5.91 Å². The molecule has 2 aliphatic rings. The number of rotatable bonds is 5. The number of hydrogen-bond acceptors (Lipinski definition) is 5. The Labute approximate surface area is 147 Å². The summed E-state index contributed by atoms with van der Waals surface area (Å²) >= 11 is 0. The molecule has 6 nitrogen and oxygen atoms in total. The molecule has 0 radical (unpaired) electrons. The normalized spacial score (nSPS) is 25.1. The second-order valence-corrected chi connectivity index (χ2v) is 7.09. The zero-order valence-electron chi connectivity index (χ0n) is 14.2. The van der Waals surface area contributed by atoms with Gasteiger partial charge in [0.1, 0.15) is 12.0 Å². The van der Waals surface area contributed by atoms with Gasteiger partial charge in [-0.15, -0.1) is 0 Å². The molecule has 130 valence electrons. The standard InChI is InChI=1S/C19H22N4O2/c24-18(17-5-8-21-14-22-17)23-10-16-4-1-6-19(16,12-23)13-25-11-15-3-2-7-20-9-15/h2-3,5,7-9,14,16H,1,4,6,10-13H2/t16-,19+/m0/s1. The highest BCUT2D eigenvalue weighted by atomic mass is 16.5. The maximum absolute atomic E-state index is 12.7. The Bertz CT molecular complexity index is 725. The van der Waals surface area contributed by atoms with Gasteiger partial charge < -0.3 is 9.64 Å². The lowest BCUT2D eigenvalue weighted by molar-refractivity contribution is 0.0264. The summed E-state index contributed by atoms with van der Waals surface area (Å²) in [6.07, 6.45) is 10.2. The first-order valence-corrected chi connectivity index (χ1v) is 8.79. The molecule has 1 saturated carbocycles. The third-order valence-electron chi connectivity index (χ3n) is 5.51. The van der Waals surface area contributed by atoms with Crippen LogP contribution in [0.15, 0.2) is 43.1 Å². The van der Waals surface area contributed by atoms with E-state index in [2.05, 4.69) is 15.0 Å². The highest BCUT2D eigenvalue weighted by Crippen LogP contribution is 2.49. The molecule has 2 aromatic heterocycles. The van der Waals surface area contributed by atoms with E-state index in [1.807, 2.05) is 23.2 Å². The van der Waals surface area contributed by atoms with E-state index >= 15 is 0 Å². The van der Waals surface area contributed by atoms with Crippen LogP contribution in [0.25, 0.3) is 0 Å². The largest absolute Gasteiger partial charge is 0.376 e. The van der Waals surface area contributed by atoms with Crippen molar-refractivity contribution < 1.29 is 9.53 Å². The summed E-state index contributed by atoms with van der Waals surface area (Å²) in [7, 11) is 0. The van der Waals surface area contributed by atoms with Crippen molar-refractivity contribution in [1.29, 1.82) is 0 Å². The monoisotopic (exact) mass is 338 g/mol. The molecule has 0 unspecified atom stereocenters. The summed E-state index contributed by atoms with van der Waals surface area (Å²) in [4.78, 5) is 26.8. The van der Waals surface area contributed by atoms with Crippen LogP contribution in [0.1, 0.15) is 35.3 Å². The molecule has 0 N–H and O–H groups in total. The van der Waals surface area contributed by atoms with Gasteiger partial charge in [-0.1, -0.05) is 12.5 Å². The van der Waals surface area contributed by atoms with E-state index in [4.69, 9.17) is 4.74 Å². The molecule has 1 amide bonds. The van der Waals surface area contributed by atoms with Gasteiger partial charge in [-0.3, -0.25) is 9.78 Å². The molecule has 0 spiro atoms. The van der Waals surface area contributed by atoms with Gasteiger partial charge >= 0.3 is 0 Å². The van der Waals surface area contributed by atoms with Gasteiger partial charge in [0.15, 0.2) is 0 Å². The van der Waals surface area contributed by atoms with Crippen LogP contribution in [0.2, 0.25) is 0 Å².